The Morgan fingerprint density at radius 3 is 2.68 bits per heavy atom. The third-order valence-corrected chi connectivity index (χ3v) is 4.04. The second-order valence-electron chi connectivity index (χ2n) is 6.31. The lowest BCUT2D eigenvalue weighted by molar-refractivity contribution is 0.0210. The van der Waals surface area contributed by atoms with E-state index in [1.54, 1.807) is 11.1 Å². The van der Waals surface area contributed by atoms with Gasteiger partial charge in [-0.05, 0) is 56.2 Å². The third-order valence-electron chi connectivity index (χ3n) is 3.25. The number of likely N-dealkylation sites (tertiary alicyclic amines) is 1. The lowest BCUT2D eigenvalue weighted by Crippen LogP contribution is -2.44. The Kier molecular flexibility index (Phi) is 5.30. The van der Waals surface area contributed by atoms with Crippen LogP contribution in [0.2, 0.25) is 0 Å². The summed E-state index contributed by atoms with van der Waals surface area (Å²) < 4.78 is 6.33. The van der Waals surface area contributed by atoms with Crippen LogP contribution in [0.4, 0.5) is 16.6 Å². The second kappa shape index (κ2) is 6.84. The molecule has 1 aliphatic rings. The lowest BCUT2D eigenvalue weighted by Gasteiger charge is -2.34. The van der Waals surface area contributed by atoms with Gasteiger partial charge in [-0.2, -0.15) is 4.98 Å². The van der Waals surface area contributed by atoms with Crippen LogP contribution in [-0.4, -0.2) is 45.7 Å². The van der Waals surface area contributed by atoms with Crippen LogP contribution in [0.25, 0.3) is 0 Å². The highest BCUT2D eigenvalue weighted by Crippen LogP contribution is 2.21. The van der Waals surface area contributed by atoms with Crippen LogP contribution >= 0.6 is 22.6 Å². The molecule has 0 spiro atoms. The first-order valence-electron chi connectivity index (χ1n) is 7.27. The molecule has 1 amide bonds. The molecule has 8 heteroatoms. The topological polar surface area (TPSA) is 93.4 Å². The van der Waals surface area contributed by atoms with Gasteiger partial charge in [0.1, 0.15) is 11.4 Å². The molecule has 2 heterocycles. The van der Waals surface area contributed by atoms with Gasteiger partial charge in [-0.1, -0.05) is 0 Å². The van der Waals surface area contributed by atoms with Crippen molar-refractivity contribution >= 4 is 40.5 Å². The van der Waals surface area contributed by atoms with E-state index in [9.17, 15) is 4.79 Å². The fourth-order valence-electron chi connectivity index (χ4n) is 2.21. The van der Waals surface area contributed by atoms with Crippen LogP contribution in [0.15, 0.2) is 6.20 Å². The molecular weight excluding hydrogens is 397 g/mol. The standard InChI is InChI=1S/C14H22IN5O2/c1-14(2,3)22-13(21)20-6-4-9(5-7-20)18-11-10(15)8-17-12(16)19-11/h8-9H,4-7H2,1-3H3,(H3,16,17,18,19). The van der Waals surface area contributed by atoms with Crippen LogP contribution in [0.3, 0.4) is 0 Å². The molecule has 1 saturated heterocycles. The molecular formula is C14H22IN5O2. The second-order valence-corrected chi connectivity index (χ2v) is 7.47. The zero-order valence-corrected chi connectivity index (χ0v) is 15.3. The van der Waals surface area contributed by atoms with Crippen molar-refractivity contribution in [3.63, 3.8) is 0 Å². The van der Waals surface area contributed by atoms with Gasteiger partial charge in [0, 0.05) is 25.3 Å². The van der Waals surface area contributed by atoms with Crippen molar-refractivity contribution in [2.75, 3.05) is 24.1 Å². The van der Waals surface area contributed by atoms with Gasteiger partial charge in [-0.25, -0.2) is 9.78 Å². The Morgan fingerprint density at radius 1 is 1.45 bits per heavy atom. The van der Waals surface area contributed by atoms with E-state index in [1.165, 1.54) is 0 Å². The monoisotopic (exact) mass is 419 g/mol. The highest BCUT2D eigenvalue weighted by Gasteiger charge is 2.27. The average Bonchev–Trinajstić information content (AvgIpc) is 2.42. The number of nitrogens with two attached hydrogens (primary N) is 1. The zero-order chi connectivity index (χ0) is 16.3. The summed E-state index contributed by atoms with van der Waals surface area (Å²) in [5.74, 6) is 1.01. The molecule has 7 nitrogen and oxygen atoms in total. The van der Waals surface area contributed by atoms with Crippen molar-refractivity contribution in [3.8, 4) is 0 Å². The molecule has 0 aromatic carbocycles. The first-order valence-corrected chi connectivity index (χ1v) is 8.35. The third kappa shape index (κ3) is 4.85. The van der Waals surface area contributed by atoms with Crippen LogP contribution in [0, 0.1) is 3.57 Å². The van der Waals surface area contributed by atoms with E-state index in [1.807, 2.05) is 20.8 Å². The maximum absolute atomic E-state index is 12.0. The number of aromatic nitrogens is 2. The number of nitrogens with one attached hydrogen (secondary N) is 1. The number of hydrogen-bond donors (Lipinski definition) is 2. The summed E-state index contributed by atoms with van der Waals surface area (Å²) in [6, 6.07) is 0.265. The van der Waals surface area contributed by atoms with E-state index in [0.29, 0.717) is 13.1 Å². The SMILES string of the molecule is CC(C)(C)OC(=O)N1CCC(Nc2nc(N)ncc2I)CC1. The van der Waals surface area contributed by atoms with Gasteiger partial charge < -0.3 is 20.7 Å². The number of anilines is 2. The van der Waals surface area contributed by atoms with Gasteiger partial charge in [-0.3, -0.25) is 0 Å². The van der Waals surface area contributed by atoms with Gasteiger partial charge in [0.15, 0.2) is 0 Å². The van der Waals surface area contributed by atoms with Crippen LogP contribution in [0.5, 0.6) is 0 Å². The van der Waals surface area contributed by atoms with Crippen LogP contribution in [0.1, 0.15) is 33.6 Å². The minimum atomic E-state index is -0.458. The summed E-state index contributed by atoms with van der Waals surface area (Å²) >= 11 is 2.17. The molecule has 122 valence electrons. The zero-order valence-electron chi connectivity index (χ0n) is 13.1. The number of carbonyl (C=O) groups excluding carboxylic acids is 1. The average molecular weight is 419 g/mol. The van der Waals surface area contributed by atoms with Crippen molar-refractivity contribution in [2.45, 2.75) is 45.3 Å². The van der Waals surface area contributed by atoms with E-state index >= 15 is 0 Å². The van der Waals surface area contributed by atoms with Gasteiger partial charge in [0.2, 0.25) is 5.95 Å². The molecule has 1 fully saturated rings. The number of piperidine rings is 1. The molecule has 1 aliphatic heterocycles. The summed E-state index contributed by atoms with van der Waals surface area (Å²) in [6.07, 6.45) is 3.14. The number of amides is 1. The number of ether oxygens (including phenoxy) is 1. The fourth-order valence-corrected chi connectivity index (χ4v) is 2.62. The molecule has 0 unspecified atom stereocenters. The summed E-state index contributed by atoms with van der Waals surface area (Å²) in [5.41, 5.74) is 5.16. The van der Waals surface area contributed by atoms with E-state index in [0.717, 1.165) is 22.2 Å². The van der Waals surface area contributed by atoms with Crippen molar-refractivity contribution in [2.24, 2.45) is 0 Å². The molecule has 3 N–H and O–H groups in total. The van der Waals surface area contributed by atoms with Gasteiger partial charge in [0.05, 0.1) is 3.57 Å². The van der Waals surface area contributed by atoms with Gasteiger partial charge in [0.25, 0.3) is 0 Å². The fraction of sp³-hybridized carbons (Fsp3) is 0.643. The number of carbonyl (C=O) groups is 1. The Morgan fingerprint density at radius 2 is 2.09 bits per heavy atom. The van der Waals surface area contributed by atoms with Crippen LogP contribution < -0.4 is 11.1 Å². The van der Waals surface area contributed by atoms with E-state index in [4.69, 9.17) is 10.5 Å². The largest absolute Gasteiger partial charge is 0.444 e. The highest BCUT2D eigenvalue weighted by molar-refractivity contribution is 14.1. The summed E-state index contributed by atoms with van der Waals surface area (Å²) in [6.45, 7) is 6.97. The van der Waals surface area contributed by atoms with Crippen molar-refractivity contribution in [3.05, 3.63) is 9.77 Å². The first kappa shape index (κ1) is 17.0. The van der Waals surface area contributed by atoms with Crippen LogP contribution in [-0.2, 0) is 4.74 Å². The molecule has 22 heavy (non-hydrogen) atoms. The van der Waals surface area contributed by atoms with Gasteiger partial charge >= 0.3 is 6.09 Å². The predicted octanol–water partition coefficient (Wildman–Crippen LogP) is 2.47. The molecule has 0 aliphatic carbocycles. The molecule has 0 saturated carbocycles. The van der Waals surface area contributed by atoms with E-state index in [2.05, 4.69) is 37.9 Å². The van der Waals surface area contributed by atoms with Crippen molar-refractivity contribution in [1.29, 1.82) is 0 Å². The molecule has 1 aromatic heterocycles. The van der Waals surface area contributed by atoms with E-state index < -0.39 is 5.60 Å². The van der Waals surface area contributed by atoms with Crippen molar-refractivity contribution < 1.29 is 9.53 Å². The molecule has 0 bridgehead atoms. The van der Waals surface area contributed by atoms with Gasteiger partial charge in [-0.15, -0.1) is 0 Å². The maximum Gasteiger partial charge on any atom is 0.410 e. The summed E-state index contributed by atoms with van der Waals surface area (Å²) in [4.78, 5) is 21.9. The Balaban J connectivity index is 1.87. The number of nitrogen functional groups attached to an aromatic ring is 1. The summed E-state index contributed by atoms with van der Waals surface area (Å²) in [7, 11) is 0. The smallest absolute Gasteiger partial charge is 0.410 e. The molecule has 1 aromatic rings. The van der Waals surface area contributed by atoms with E-state index in [-0.39, 0.29) is 18.1 Å². The molecule has 0 radical (unpaired) electrons. The first-order chi connectivity index (χ1) is 10.2. The number of nitrogens with zero attached hydrogens (tertiary/aromatic N) is 3. The maximum atomic E-state index is 12.0. The predicted molar refractivity (Wildman–Crippen MR) is 93.6 cm³/mol. The summed E-state index contributed by atoms with van der Waals surface area (Å²) in [5, 5.41) is 3.38. The minimum Gasteiger partial charge on any atom is -0.444 e. The Hall–Kier alpha value is -1.32. The number of hydrogen-bond acceptors (Lipinski definition) is 6. The minimum absolute atomic E-state index is 0.244. The molecule has 2 rings (SSSR count). The van der Waals surface area contributed by atoms with Crippen molar-refractivity contribution in [1.82, 2.24) is 14.9 Å². The Labute approximate surface area is 144 Å². The Bertz CT molecular complexity index is 539. The highest BCUT2D eigenvalue weighted by atomic mass is 127. The lowest BCUT2D eigenvalue weighted by atomic mass is 10.1. The molecule has 0 atom stereocenters. The number of rotatable bonds is 2. The number of halogens is 1. The quantitative estimate of drug-likeness (QED) is 0.716. The normalized spacial score (nSPS) is 16.5.